The predicted molar refractivity (Wildman–Crippen MR) is 107 cm³/mol. The van der Waals surface area contributed by atoms with Crippen LogP contribution in [0.2, 0.25) is 0 Å². The first-order valence-electron chi connectivity index (χ1n) is 8.82. The molecule has 0 fully saturated rings. The molecule has 7 nitrogen and oxygen atoms in total. The van der Waals surface area contributed by atoms with Crippen molar-refractivity contribution in [2.45, 2.75) is 6.92 Å². The summed E-state index contributed by atoms with van der Waals surface area (Å²) in [5, 5.41) is 6.07. The Hall–Kier alpha value is -3.87. The van der Waals surface area contributed by atoms with E-state index in [2.05, 4.69) is 20.4 Å². The van der Waals surface area contributed by atoms with Crippen molar-refractivity contribution in [3.8, 4) is 11.7 Å². The predicted octanol–water partition coefficient (Wildman–Crippen LogP) is 3.14. The molecule has 2 heterocycles. The number of carbonyl (C=O) groups is 1. The van der Waals surface area contributed by atoms with E-state index in [1.54, 1.807) is 17.9 Å². The molecule has 0 atom stereocenters. The van der Waals surface area contributed by atoms with Crippen LogP contribution in [0.5, 0.6) is 5.75 Å². The second-order valence-electron chi connectivity index (χ2n) is 6.34. The number of ether oxygens (including phenoxy) is 1. The fraction of sp³-hybridized carbons (Fsp3) is 0.0952. The molecule has 0 aliphatic rings. The Morgan fingerprint density at radius 3 is 2.86 bits per heavy atom. The van der Waals surface area contributed by atoms with Crippen molar-refractivity contribution in [1.82, 2.24) is 15.1 Å². The van der Waals surface area contributed by atoms with Crippen molar-refractivity contribution in [1.29, 1.82) is 0 Å². The van der Waals surface area contributed by atoms with Gasteiger partial charge in [0.2, 0.25) is 5.82 Å². The van der Waals surface area contributed by atoms with Gasteiger partial charge in [-0.1, -0.05) is 24.3 Å². The van der Waals surface area contributed by atoms with Gasteiger partial charge in [-0.15, -0.1) is 9.67 Å². The van der Waals surface area contributed by atoms with Gasteiger partial charge in [0, 0.05) is 17.8 Å². The van der Waals surface area contributed by atoms with Gasteiger partial charge in [0.15, 0.2) is 5.52 Å². The maximum absolute atomic E-state index is 12.4. The van der Waals surface area contributed by atoms with Crippen LogP contribution in [-0.2, 0) is 4.79 Å². The van der Waals surface area contributed by atoms with Gasteiger partial charge in [0.1, 0.15) is 11.3 Å². The number of nitrogens with one attached hydrogen (secondary N) is 3. The van der Waals surface area contributed by atoms with Crippen molar-refractivity contribution in [3.05, 3.63) is 71.9 Å². The Bertz CT molecular complexity index is 1140. The van der Waals surface area contributed by atoms with Gasteiger partial charge in [-0.2, -0.15) is 0 Å². The number of imidazole rings is 1. The fourth-order valence-electron chi connectivity index (χ4n) is 2.93. The normalized spacial score (nSPS) is 11.2. The molecule has 0 saturated carbocycles. The van der Waals surface area contributed by atoms with Crippen LogP contribution in [0.3, 0.4) is 0 Å². The minimum Gasteiger partial charge on any atom is -0.497 e. The van der Waals surface area contributed by atoms with Crippen molar-refractivity contribution < 1.29 is 14.2 Å². The third-order valence-electron chi connectivity index (χ3n) is 4.24. The number of carbonyl (C=O) groups excluding carboxylic acids is 1. The number of para-hydroxylation sites is 2. The summed E-state index contributed by atoms with van der Waals surface area (Å²) >= 11 is 0. The maximum atomic E-state index is 12.4. The van der Waals surface area contributed by atoms with E-state index in [4.69, 9.17) is 4.74 Å². The molecular formula is C21H20N5O2+. The highest BCUT2D eigenvalue weighted by Gasteiger charge is 2.19. The van der Waals surface area contributed by atoms with Crippen LogP contribution in [0, 0.1) is 6.92 Å². The number of aryl methyl sites for hydroxylation is 1. The minimum absolute atomic E-state index is 0.244. The zero-order valence-corrected chi connectivity index (χ0v) is 15.6. The van der Waals surface area contributed by atoms with E-state index in [1.165, 1.54) is 6.08 Å². The second kappa shape index (κ2) is 7.40. The van der Waals surface area contributed by atoms with Gasteiger partial charge in [0.25, 0.3) is 5.91 Å². The molecule has 4 rings (SSSR count). The Kier molecular flexibility index (Phi) is 4.63. The number of anilines is 1. The molecule has 0 radical (unpaired) electrons. The zero-order valence-electron chi connectivity index (χ0n) is 15.6. The summed E-state index contributed by atoms with van der Waals surface area (Å²) < 4.78 is 6.91. The lowest BCUT2D eigenvalue weighted by molar-refractivity contribution is -0.648. The number of methoxy groups -OCH3 is 1. The van der Waals surface area contributed by atoms with E-state index in [0.717, 1.165) is 28.0 Å². The Labute approximate surface area is 161 Å². The summed E-state index contributed by atoms with van der Waals surface area (Å²) in [6, 6.07) is 17.1. The first-order valence-corrected chi connectivity index (χ1v) is 8.82. The fourth-order valence-corrected chi connectivity index (χ4v) is 2.93. The van der Waals surface area contributed by atoms with Gasteiger partial charge in [-0.05, 0) is 42.8 Å². The SMILES string of the molecule is COc1cccc(/C=C/C(=O)Nc2cc(C)[nH][n+]2-c2nc3ccccc3[nH]2)c1. The van der Waals surface area contributed by atoms with E-state index >= 15 is 0 Å². The lowest BCUT2D eigenvalue weighted by Crippen LogP contribution is -2.38. The molecule has 2 aromatic heterocycles. The zero-order chi connectivity index (χ0) is 19.5. The van der Waals surface area contributed by atoms with E-state index < -0.39 is 0 Å². The van der Waals surface area contributed by atoms with Crippen LogP contribution < -0.4 is 14.7 Å². The molecule has 4 aromatic rings. The van der Waals surface area contributed by atoms with Crippen LogP contribution in [0.1, 0.15) is 11.3 Å². The average Bonchev–Trinajstić information content (AvgIpc) is 3.29. The summed E-state index contributed by atoms with van der Waals surface area (Å²) in [5.74, 6) is 1.69. The number of rotatable bonds is 5. The highest BCUT2D eigenvalue weighted by atomic mass is 16.5. The number of nitrogens with zero attached hydrogens (tertiary/aromatic N) is 2. The first kappa shape index (κ1) is 17.5. The van der Waals surface area contributed by atoms with Crippen molar-refractivity contribution in [3.63, 3.8) is 0 Å². The number of hydrogen-bond acceptors (Lipinski definition) is 3. The molecule has 0 spiro atoms. The molecule has 0 aliphatic carbocycles. The van der Waals surface area contributed by atoms with Crippen molar-refractivity contribution in [2.24, 2.45) is 0 Å². The van der Waals surface area contributed by atoms with Crippen LogP contribution in [0.15, 0.2) is 60.7 Å². The van der Waals surface area contributed by atoms with Gasteiger partial charge in [0.05, 0.1) is 7.11 Å². The Balaban J connectivity index is 1.56. The number of benzene rings is 2. The van der Waals surface area contributed by atoms with Crippen LogP contribution in [-0.4, -0.2) is 28.1 Å². The highest BCUT2D eigenvalue weighted by molar-refractivity contribution is 6.01. The van der Waals surface area contributed by atoms with Gasteiger partial charge in [-0.3, -0.25) is 20.2 Å². The number of aromatic nitrogens is 4. The molecule has 1 amide bonds. The van der Waals surface area contributed by atoms with E-state index in [1.807, 2.05) is 61.5 Å². The van der Waals surface area contributed by atoms with Gasteiger partial charge >= 0.3 is 5.95 Å². The van der Waals surface area contributed by atoms with Crippen LogP contribution in [0.25, 0.3) is 23.1 Å². The number of fused-ring (bicyclic) bond motifs is 1. The van der Waals surface area contributed by atoms with Gasteiger partial charge in [-0.25, -0.2) is 0 Å². The molecule has 2 aromatic carbocycles. The summed E-state index contributed by atoms with van der Waals surface area (Å²) in [6.07, 6.45) is 3.23. The number of aromatic amines is 2. The molecule has 0 unspecified atom stereocenters. The highest BCUT2D eigenvalue weighted by Crippen LogP contribution is 2.14. The van der Waals surface area contributed by atoms with E-state index in [0.29, 0.717) is 11.8 Å². The van der Waals surface area contributed by atoms with Crippen LogP contribution >= 0.6 is 0 Å². The third kappa shape index (κ3) is 3.64. The van der Waals surface area contributed by atoms with Crippen LogP contribution in [0.4, 0.5) is 5.82 Å². The molecule has 0 saturated heterocycles. The maximum Gasteiger partial charge on any atom is 0.374 e. The summed E-state index contributed by atoms with van der Waals surface area (Å²) in [7, 11) is 1.61. The summed E-state index contributed by atoms with van der Waals surface area (Å²) in [6.45, 7) is 1.92. The molecule has 140 valence electrons. The average molecular weight is 374 g/mol. The largest absolute Gasteiger partial charge is 0.497 e. The molecule has 0 aliphatic heterocycles. The van der Waals surface area contributed by atoms with Gasteiger partial charge < -0.3 is 4.74 Å². The van der Waals surface area contributed by atoms with E-state index in [9.17, 15) is 4.79 Å². The summed E-state index contributed by atoms with van der Waals surface area (Å²) in [4.78, 5) is 20.2. The third-order valence-corrected chi connectivity index (χ3v) is 4.24. The van der Waals surface area contributed by atoms with Crippen molar-refractivity contribution >= 4 is 28.8 Å². The quantitative estimate of drug-likeness (QED) is 0.370. The molecule has 0 bridgehead atoms. The second-order valence-corrected chi connectivity index (χ2v) is 6.34. The Morgan fingerprint density at radius 1 is 1.18 bits per heavy atom. The molecular weight excluding hydrogens is 354 g/mol. The number of hydrogen-bond donors (Lipinski definition) is 3. The van der Waals surface area contributed by atoms with Crippen molar-refractivity contribution in [2.75, 3.05) is 12.4 Å². The standard InChI is InChI=1S/C21H19N5O2/c1-14-12-19(24-20(27)11-10-15-6-5-7-16(13-15)28-2)26(25-14)21-22-17-8-3-4-9-18(17)23-21/h3-13H,1-2H3,(H2,22,23,24,25,27)/p+1/b11-10+. The topological polar surface area (TPSA) is 86.7 Å². The molecule has 3 N–H and O–H groups in total. The monoisotopic (exact) mass is 374 g/mol. The molecule has 7 heteroatoms. The Morgan fingerprint density at radius 2 is 2.04 bits per heavy atom. The first-order chi connectivity index (χ1) is 13.6. The smallest absolute Gasteiger partial charge is 0.374 e. The summed E-state index contributed by atoms with van der Waals surface area (Å²) in [5.41, 5.74) is 3.55. The number of H-pyrrole nitrogens is 2. The lowest BCUT2D eigenvalue weighted by Gasteiger charge is -2.00. The van der Waals surface area contributed by atoms with E-state index in [-0.39, 0.29) is 5.91 Å². The minimum atomic E-state index is -0.244. The number of amides is 1. The molecule has 28 heavy (non-hydrogen) atoms. The lowest BCUT2D eigenvalue weighted by atomic mass is 10.2.